The molecular formula is C8H13F3. The predicted molar refractivity (Wildman–Crippen MR) is 41.4 cm³/mol. The quantitative estimate of drug-likeness (QED) is 0.521. The monoisotopic (exact) mass is 166 g/mol. The molecule has 0 rings (SSSR count). The lowest BCUT2D eigenvalue weighted by Gasteiger charge is -2.03. The zero-order chi connectivity index (χ0) is 9.49. The topological polar surface area (TPSA) is 0 Å². The highest BCUT2D eigenvalue weighted by Gasteiger charge is 2.28. The van der Waals surface area contributed by atoms with E-state index < -0.39 is 11.7 Å². The van der Waals surface area contributed by atoms with E-state index in [9.17, 15) is 13.2 Å². The minimum Gasteiger partial charge on any atom is -0.166 e. The van der Waals surface area contributed by atoms with Gasteiger partial charge in [-0.2, -0.15) is 13.2 Å². The number of alkyl halides is 3. The van der Waals surface area contributed by atoms with E-state index in [0.717, 1.165) is 19.1 Å². The maximum absolute atomic E-state index is 11.5. The molecule has 0 aliphatic carbocycles. The van der Waals surface area contributed by atoms with E-state index in [1.165, 1.54) is 0 Å². The van der Waals surface area contributed by atoms with E-state index >= 15 is 0 Å². The first kappa shape index (κ1) is 12.9. The molecule has 0 aromatic rings. The molecule has 0 atom stereocenters. The number of allylic oxidation sites excluding steroid dienone is 3. The minimum absolute atomic E-state index is 0.627. The van der Waals surface area contributed by atoms with Crippen LogP contribution in [0.3, 0.4) is 0 Å². The fourth-order valence-electron chi connectivity index (χ4n) is 0.271. The molecule has 11 heavy (non-hydrogen) atoms. The fraction of sp³-hybridized carbons (Fsp3) is 0.500. The van der Waals surface area contributed by atoms with Crippen LogP contribution in [0.1, 0.15) is 20.8 Å². The molecule has 0 amide bonds. The van der Waals surface area contributed by atoms with Gasteiger partial charge in [0.15, 0.2) is 0 Å². The third-order valence-corrected chi connectivity index (χ3v) is 0.815. The van der Waals surface area contributed by atoms with Crippen molar-refractivity contribution in [2.45, 2.75) is 26.9 Å². The summed E-state index contributed by atoms with van der Waals surface area (Å²) in [6.07, 6.45) is -2.16. The maximum atomic E-state index is 11.5. The van der Waals surface area contributed by atoms with E-state index in [1.54, 1.807) is 0 Å². The van der Waals surface area contributed by atoms with Crippen molar-refractivity contribution in [2.24, 2.45) is 0 Å². The highest BCUT2D eigenvalue weighted by molar-refractivity contribution is 5.12. The molecule has 0 aromatic carbocycles. The van der Waals surface area contributed by atoms with Crippen LogP contribution in [0.2, 0.25) is 0 Å². The van der Waals surface area contributed by atoms with Gasteiger partial charge in [0.05, 0.1) is 0 Å². The minimum atomic E-state index is -4.20. The summed E-state index contributed by atoms with van der Waals surface area (Å²) in [5, 5.41) is 0. The molecule has 0 N–H and O–H groups in total. The molecule has 0 aromatic heterocycles. The highest BCUT2D eigenvalue weighted by atomic mass is 19.4. The lowest BCUT2D eigenvalue weighted by atomic mass is 10.3. The van der Waals surface area contributed by atoms with Crippen LogP contribution in [0, 0.1) is 0 Å². The summed E-state index contributed by atoms with van der Waals surface area (Å²) in [7, 11) is 0. The highest BCUT2D eigenvalue weighted by Crippen LogP contribution is 2.24. The molecule has 0 spiro atoms. The molecule has 0 aliphatic heterocycles. The molecule has 0 nitrogen and oxygen atoms in total. The lowest BCUT2D eigenvalue weighted by molar-refractivity contribution is -0.0912. The van der Waals surface area contributed by atoms with Gasteiger partial charge in [-0.3, -0.25) is 0 Å². The largest absolute Gasteiger partial charge is 0.412 e. The number of hydrogen-bond acceptors (Lipinski definition) is 0. The Morgan fingerprint density at radius 3 is 1.73 bits per heavy atom. The molecule has 0 saturated heterocycles. The smallest absolute Gasteiger partial charge is 0.166 e. The summed E-state index contributed by atoms with van der Waals surface area (Å²) in [6, 6.07) is 0. The van der Waals surface area contributed by atoms with Crippen molar-refractivity contribution in [3.63, 3.8) is 0 Å². The van der Waals surface area contributed by atoms with Crippen molar-refractivity contribution < 1.29 is 13.2 Å². The van der Waals surface area contributed by atoms with E-state index in [1.807, 2.05) is 13.8 Å². The van der Waals surface area contributed by atoms with E-state index in [-0.39, 0.29) is 0 Å². The van der Waals surface area contributed by atoms with Crippen molar-refractivity contribution in [3.05, 3.63) is 24.3 Å². The molecule has 3 heteroatoms. The Bertz CT molecular complexity index is 131. The van der Waals surface area contributed by atoms with Crippen LogP contribution in [0.15, 0.2) is 24.3 Å². The summed E-state index contributed by atoms with van der Waals surface area (Å²) in [6.45, 7) is 8.14. The van der Waals surface area contributed by atoms with Gasteiger partial charge in [-0.15, -0.1) is 0 Å². The summed E-state index contributed by atoms with van der Waals surface area (Å²) in [5.74, 6) is 0. The zero-order valence-electron chi connectivity index (χ0n) is 7.00. The molecule has 0 aliphatic rings. The van der Waals surface area contributed by atoms with Crippen LogP contribution in [-0.2, 0) is 0 Å². The van der Waals surface area contributed by atoms with Crippen LogP contribution in [0.4, 0.5) is 13.2 Å². The first-order chi connectivity index (χ1) is 4.98. The van der Waals surface area contributed by atoms with Crippen molar-refractivity contribution >= 4 is 0 Å². The molecule has 0 radical (unpaired) electrons. The van der Waals surface area contributed by atoms with Gasteiger partial charge in [-0.1, -0.05) is 32.6 Å². The van der Waals surface area contributed by atoms with E-state index in [0.29, 0.717) is 0 Å². The maximum Gasteiger partial charge on any atom is 0.412 e. The third kappa shape index (κ3) is 7.16. The number of rotatable bonds is 1. The van der Waals surface area contributed by atoms with Crippen LogP contribution >= 0.6 is 0 Å². The summed E-state index contributed by atoms with van der Waals surface area (Å²) in [5.41, 5.74) is -0.627. The molecule has 0 bridgehead atoms. The van der Waals surface area contributed by atoms with Gasteiger partial charge in [0.1, 0.15) is 0 Å². The van der Waals surface area contributed by atoms with E-state index in [2.05, 4.69) is 6.58 Å². The van der Waals surface area contributed by atoms with Gasteiger partial charge in [-0.05, 0) is 6.92 Å². The van der Waals surface area contributed by atoms with Crippen molar-refractivity contribution in [1.82, 2.24) is 0 Å². The number of halogens is 3. The van der Waals surface area contributed by atoms with Crippen molar-refractivity contribution in [3.8, 4) is 0 Å². The van der Waals surface area contributed by atoms with Gasteiger partial charge in [0.2, 0.25) is 0 Å². The van der Waals surface area contributed by atoms with Crippen LogP contribution < -0.4 is 0 Å². The summed E-state index contributed by atoms with van der Waals surface area (Å²) in [4.78, 5) is 0. The third-order valence-electron chi connectivity index (χ3n) is 0.815. The molecule has 0 heterocycles. The van der Waals surface area contributed by atoms with Gasteiger partial charge >= 0.3 is 6.18 Å². The van der Waals surface area contributed by atoms with Crippen molar-refractivity contribution in [2.75, 3.05) is 0 Å². The molecule has 0 saturated carbocycles. The van der Waals surface area contributed by atoms with Gasteiger partial charge < -0.3 is 0 Å². The van der Waals surface area contributed by atoms with E-state index in [4.69, 9.17) is 0 Å². The van der Waals surface area contributed by atoms with Crippen LogP contribution in [0.5, 0.6) is 0 Å². The van der Waals surface area contributed by atoms with Gasteiger partial charge in [0.25, 0.3) is 0 Å². The molecule has 66 valence electrons. The average Bonchev–Trinajstić information content (AvgIpc) is 1.91. The Hall–Kier alpha value is -0.730. The molecule has 0 fully saturated rings. The normalized spacial score (nSPS) is 11.6. The zero-order valence-corrected chi connectivity index (χ0v) is 7.00. The fourth-order valence-corrected chi connectivity index (χ4v) is 0.271. The molecular weight excluding hydrogens is 153 g/mol. The Balaban J connectivity index is 0. The number of hydrogen-bond donors (Lipinski definition) is 0. The molecule has 0 unspecified atom stereocenters. The van der Waals surface area contributed by atoms with Gasteiger partial charge in [-0.25, -0.2) is 0 Å². The predicted octanol–water partition coefficient (Wildman–Crippen LogP) is 3.71. The standard InChI is InChI=1S/C6H7F3.C2H6/c1-3-4-5(2)6(7,8)9;1-2/h3-4H,1H2,2H3;1-2H3/b5-4+;. The average molecular weight is 166 g/mol. The second-order valence-corrected chi connectivity index (χ2v) is 1.58. The lowest BCUT2D eigenvalue weighted by Crippen LogP contribution is -2.08. The Morgan fingerprint density at radius 1 is 1.27 bits per heavy atom. The summed E-state index contributed by atoms with van der Waals surface area (Å²) < 4.78 is 34.6. The van der Waals surface area contributed by atoms with Gasteiger partial charge in [0, 0.05) is 5.57 Å². The Morgan fingerprint density at radius 2 is 1.64 bits per heavy atom. The Kier molecular flexibility index (Phi) is 7.05. The Labute approximate surface area is 65.4 Å². The van der Waals surface area contributed by atoms with Crippen LogP contribution in [0.25, 0.3) is 0 Å². The first-order valence-corrected chi connectivity index (χ1v) is 3.35. The van der Waals surface area contributed by atoms with Crippen LogP contribution in [-0.4, -0.2) is 6.18 Å². The SMILES string of the molecule is C=C/C=C(\C)C(F)(F)F.CC. The first-order valence-electron chi connectivity index (χ1n) is 3.35. The second kappa shape index (κ2) is 6.01. The summed E-state index contributed by atoms with van der Waals surface area (Å²) >= 11 is 0. The second-order valence-electron chi connectivity index (χ2n) is 1.58. The van der Waals surface area contributed by atoms with Crippen molar-refractivity contribution in [1.29, 1.82) is 0 Å².